The highest BCUT2D eigenvalue weighted by Crippen LogP contribution is 2.23. The molecule has 1 fully saturated rings. The van der Waals surface area contributed by atoms with Crippen molar-refractivity contribution in [3.63, 3.8) is 0 Å². The molecule has 0 unspecified atom stereocenters. The lowest BCUT2D eigenvalue weighted by atomic mass is 9.97. The summed E-state index contributed by atoms with van der Waals surface area (Å²) in [5, 5.41) is 3.58. The summed E-state index contributed by atoms with van der Waals surface area (Å²) in [4.78, 5) is 12.5. The van der Waals surface area contributed by atoms with E-state index >= 15 is 0 Å². The number of hydrogen-bond acceptors (Lipinski definition) is 4. The summed E-state index contributed by atoms with van der Waals surface area (Å²) in [6.07, 6.45) is 2.72. The third-order valence-corrected chi connectivity index (χ3v) is 7.70. The Morgan fingerprint density at radius 1 is 1.13 bits per heavy atom. The molecule has 1 aliphatic rings. The van der Waals surface area contributed by atoms with Crippen molar-refractivity contribution in [1.82, 2.24) is 9.62 Å². The van der Waals surface area contributed by atoms with Crippen LogP contribution in [0.2, 0.25) is 5.02 Å². The molecule has 1 saturated heterocycles. The minimum atomic E-state index is -3.41. The molecule has 1 aliphatic heterocycles. The first kappa shape index (κ1) is 23.6. The molecule has 0 aliphatic carbocycles. The van der Waals surface area contributed by atoms with Gasteiger partial charge in [0.2, 0.25) is 15.9 Å². The van der Waals surface area contributed by atoms with E-state index in [0.717, 1.165) is 24.2 Å². The molecule has 0 spiro atoms. The van der Waals surface area contributed by atoms with Gasteiger partial charge >= 0.3 is 0 Å². The molecule has 1 amide bonds. The van der Waals surface area contributed by atoms with E-state index in [0.29, 0.717) is 43.1 Å². The van der Waals surface area contributed by atoms with Gasteiger partial charge < -0.3 is 10.1 Å². The Bertz CT molecular complexity index is 971. The van der Waals surface area contributed by atoms with Gasteiger partial charge in [0.05, 0.1) is 12.9 Å². The zero-order valence-corrected chi connectivity index (χ0v) is 19.3. The fraction of sp³-hybridized carbons (Fsp3) is 0.435. The molecule has 0 bridgehead atoms. The van der Waals surface area contributed by atoms with Gasteiger partial charge in [-0.25, -0.2) is 12.7 Å². The number of methoxy groups -OCH3 is 1. The van der Waals surface area contributed by atoms with Crippen molar-refractivity contribution < 1.29 is 17.9 Å². The fourth-order valence-electron chi connectivity index (χ4n) is 3.82. The van der Waals surface area contributed by atoms with Crippen LogP contribution in [0.15, 0.2) is 48.5 Å². The van der Waals surface area contributed by atoms with Crippen LogP contribution < -0.4 is 10.1 Å². The van der Waals surface area contributed by atoms with E-state index in [1.54, 1.807) is 31.4 Å². The van der Waals surface area contributed by atoms with Crippen LogP contribution in [0, 0.1) is 5.92 Å². The number of benzene rings is 2. The van der Waals surface area contributed by atoms with E-state index < -0.39 is 10.0 Å². The average Bonchev–Trinajstić information content (AvgIpc) is 2.78. The van der Waals surface area contributed by atoms with Gasteiger partial charge in [-0.15, -0.1) is 0 Å². The van der Waals surface area contributed by atoms with Gasteiger partial charge in [0, 0.05) is 30.6 Å². The largest absolute Gasteiger partial charge is 0.496 e. The number of hydrogen-bond donors (Lipinski definition) is 1. The first-order chi connectivity index (χ1) is 14.9. The van der Waals surface area contributed by atoms with Crippen LogP contribution in [0.1, 0.15) is 30.4 Å². The number of nitrogens with zero attached hydrogens (tertiary/aromatic N) is 1. The number of carbonyl (C=O) groups is 1. The number of piperidine rings is 1. The third-order valence-electron chi connectivity index (χ3n) is 5.60. The van der Waals surface area contributed by atoms with Gasteiger partial charge in [-0.1, -0.05) is 41.9 Å². The van der Waals surface area contributed by atoms with Crippen LogP contribution in [0.25, 0.3) is 0 Å². The predicted molar refractivity (Wildman–Crippen MR) is 123 cm³/mol. The zero-order chi connectivity index (χ0) is 22.3. The standard InChI is InChI=1S/C23H29ClN2O4S/c1-30-22-7-3-2-5-19(22)6-4-14-25-23(27)20-12-15-26(16-13-20)31(28,29)17-18-8-10-21(24)11-9-18/h2-3,5,7-11,20H,4,6,12-17H2,1H3,(H,25,27). The second-order valence-corrected chi connectivity index (χ2v) is 10.2. The normalized spacial score (nSPS) is 15.5. The number of halogens is 1. The Labute approximate surface area is 189 Å². The molecule has 6 nitrogen and oxygen atoms in total. The Balaban J connectivity index is 1.41. The molecule has 3 rings (SSSR count). The van der Waals surface area contributed by atoms with Gasteiger partial charge in [0.1, 0.15) is 5.75 Å². The van der Waals surface area contributed by atoms with Crippen molar-refractivity contribution >= 4 is 27.5 Å². The van der Waals surface area contributed by atoms with Crippen molar-refractivity contribution in [1.29, 1.82) is 0 Å². The van der Waals surface area contributed by atoms with Crippen molar-refractivity contribution in [3.8, 4) is 5.75 Å². The summed E-state index contributed by atoms with van der Waals surface area (Å²) in [7, 11) is -1.75. The Morgan fingerprint density at radius 2 is 1.81 bits per heavy atom. The first-order valence-electron chi connectivity index (χ1n) is 10.5. The summed E-state index contributed by atoms with van der Waals surface area (Å²) in [5.74, 6) is 0.674. The topological polar surface area (TPSA) is 75.7 Å². The van der Waals surface area contributed by atoms with Crippen molar-refractivity contribution in [2.45, 2.75) is 31.4 Å². The van der Waals surface area contributed by atoms with Gasteiger partial charge in [-0.2, -0.15) is 0 Å². The number of aryl methyl sites for hydroxylation is 1. The lowest BCUT2D eigenvalue weighted by Crippen LogP contribution is -2.43. The zero-order valence-electron chi connectivity index (χ0n) is 17.7. The Kier molecular flexibility index (Phi) is 8.35. The second-order valence-electron chi connectivity index (χ2n) is 7.76. The van der Waals surface area contributed by atoms with Gasteiger partial charge in [0.15, 0.2) is 0 Å². The van der Waals surface area contributed by atoms with Crippen molar-refractivity contribution in [2.75, 3.05) is 26.7 Å². The molecule has 1 heterocycles. The fourth-order valence-corrected chi connectivity index (χ4v) is 5.51. The Hall–Kier alpha value is -2.09. The first-order valence-corrected chi connectivity index (χ1v) is 12.5. The molecule has 0 saturated carbocycles. The van der Waals surface area contributed by atoms with Gasteiger partial charge in [0.25, 0.3) is 0 Å². The van der Waals surface area contributed by atoms with Crippen molar-refractivity contribution in [2.24, 2.45) is 5.92 Å². The summed E-state index contributed by atoms with van der Waals surface area (Å²) in [6.45, 7) is 1.33. The van der Waals surface area contributed by atoms with Crippen LogP contribution >= 0.6 is 11.6 Å². The van der Waals surface area contributed by atoms with E-state index in [9.17, 15) is 13.2 Å². The molecular weight excluding hydrogens is 436 g/mol. The minimum absolute atomic E-state index is 0.00905. The molecule has 31 heavy (non-hydrogen) atoms. The molecule has 2 aromatic carbocycles. The molecule has 2 aromatic rings. The maximum Gasteiger partial charge on any atom is 0.223 e. The lowest BCUT2D eigenvalue weighted by molar-refractivity contribution is -0.126. The highest BCUT2D eigenvalue weighted by molar-refractivity contribution is 7.88. The van der Waals surface area contributed by atoms with Crippen LogP contribution in [0.4, 0.5) is 0 Å². The number of amides is 1. The van der Waals surface area contributed by atoms with Crippen LogP contribution in [0.5, 0.6) is 5.75 Å². The maximum atomic E-state index is 12.7. The third kappa shape index (κ3) is 6.69. The summed E-state index contributed by atoms with van der Waals surface area (Å²) >= 11 is 5.86. The molecule has 0 aromatic heterocycles. The van der Waals surface area contributed by atoms with E-state index in [4.69, 9.17) is 16.3 Å². The summed E-state index contributed by atoms with van der Waals surface area (Å²) < 4.78 is 32.2. The average molecular weight is 465 g/mol. The monoisotopic (exact) mass is 464 g/mol. The van der Waals surface area contributed by atoms with Crippen molar-refractivity contribution in [3.05, 3.63) is 64.7 Å². The van der Waals surface area contributed by atoms with E-state index in [1.165, 1.54) is 4.31 Å². The maximum absolute atomic E-state index is 12.7. The quantitative estimate of drug-likeness (QED) is 0.575. The highest BCUT2D eigenvalue weighted by Gasteiger charge is 2.31. The Morgan fingerprint density at radius 3 is 2.48 bits per heavy atom. The smallest absolute Gasteiger partial charge is 0.223 e. The molecule has 168 valence electrons. The summed E-state index contributed by atoms with van der Waals surface area (Å²) in [6, 6.07) is 14.7. The number of sulfonamides is 1. The van der Waals surface area contributed by atoms with Crippen LogP contribution in [0.3, 0.4) is 0 Å². The predicted octanol–water partition coefficient (Wildman–Crippen LogP) is 3.64. The molecular formula is C23H29ClN2O4S. The number of rotatable bonds is 9. The van der Waals surface area contributed by atoms with E-state index in [1.807, 2.05) is 24.3 Å². The van der Waals surface area contributed by atoms with Crippen LogP contribution in [-0.4, -0.2) is 45.4 Å². The number of para-hydroxylation sites is 1. The van der Waals surface area contributed by atoms with E-state index in [2.05, 4.69) is 5.32 Å². The molecule has 1 N–H and O–H groups in total. The number of carbonyl (C=O) groups excluding carboxylic acids is 1. The summed E-state index contributed by atoms with van der Waals surface area (Å²) in [5.41, 5.74) is 1.83. The number of ether oxygens (including phenoxy) is 1. The van der Waals surface area contributed by atoms with Gasteiger partial charge in [-0.05, 0) is 55.0 Å². The highest BCUT2D eigenvalue weighted by atomic mass is 35.5. The minimum Gasteiger partial charge on any atom is -0.496 e. The second kappa shape index (κ2) is 11.0. The van der Waals surface area contributed by atoms with Gasteiger partial charge in [-0.3, -0.25) is 4.79 Å². The van der Waals surface area contributed by atoms with Crippen LogP contribution in [-0.2, 0) is 27.0 Å². The number of nitrogens with one attached hydrogen (secondary N) is 1. The molecule has 0 atom stereocenters. The molecule has 0 radical (unpaired) electrons. The molecule has 8 heteroatoms. The van der Waals surface area contributed by atoms with E-state index in [-0.39, 0.29) is 17.6 Å². The SMILES string of the molecule is COc1ccccc1CCCNC(=O)C1CCN(S(=O)(=O)Cc2ccc(Cl)cc2)CC1. The lowest BCUT2D eigenvalue weighted by Gasteiger charge is -2.30.